The average Bonchev–Trinajstić information content (AvgIpc) is 3.50. The van der Waals surface area contributed by atoms with Crippen molar-refractivity contribution in [3.05, 3.63) is 83.3 Å². The number of carbonyl (C=O) groups excluding carboxylic acids is 1. The van der Waals surface area contributed by atoms with Crippen molar-refractivity contribution in [2.75, 3.05) is 18.6 Å². The molecule has 0 bridgehead atoms. The van der Waals surface area contributed by atoms with Gasteiger partial charge in [-0.05, 0) is 90.6 Å². The number of carboxylic acid groups (broad SMARTS) is 1. The number of rotatable bonds is 14. The van der Waals surface area contributed by atoms with E-state index in [1.54, 1.807) is 24.1 Å². The van der Waals surface area contributed by atoms with E-state index >= 15 is 0 Å². The van der Waals surface area contributed by atoms with Crippen molar-refractivity contribution in [3.8, 4) is 11.1 Å². The number of ether oxygens (including phenoxy) is 1. The van der Waals surface area contributed by atoms with E-state index in [1.165, 1.54) is 38.5 Å². The van der Waals surface area contributed by atoms with Gasteiger partial charge in [0.2, 0.25) is 0 Å². The molecule has 1 unspecified atom stereocenters. The fraction of sp³-hybridized carbons (Fsp3) is 0.455. The van der Waals surface area contributed by atoms with Gasteiger partial charge < -0.3 is 19.6 Å². The van der Waals surface area contributed by atoms with Crippen LogP contribution in [0.25, 0.3) is 11.1 Å². The van der Waals surface area contributed by atoms with E-state index in [9.17, 15) is 14.7 Å². The molecule has 8 heteroatoms. The van der Waals surface area contributed by atoms with Crippen LogP contribution in [0.1, 0.15) is 84.7 Å². The number of carboxylic acids is 1. The zero-order valence-electron chi connectivity index (χ0n) is 24.6. The maximum atomic E-state index is 13.5. The quantitative estimate of drug-likeness (QED) is 0.156. The van der Waals surface area contributed by atoms with Gasteiger partial charge in [0.1, 0.15) is 17.9 Å². The Morgan fingerprint density at radius 3 is 2.54 bits per heavy atom. The molecule has 1 fully saturated rings. The van der Waals surface area contributed by atoms with Gasteiger partial charge in [0, 0.05) is 31.0 Å². The van der Waals surface area contributed by atoms with Gasteiger partial charge in [-0.1, -0.05) is 62.4 Å². The Balaban J connectivity index is 0.00000462. The Labute approximate surface area is 260 Å². The number of thioether (sulfide) groups is 1. The Bertz CT molecular complexity index is 1240. The minimum absolute atomic E-state index is 0. The average molecular weight is 571 g/mol. The van der Waals surface area contributed by atoms with Crippen molar-refractivity contribution >= 4 is 42.5 Å². The van der Waals surface area contributed by atoms with Gasteiger partial charge in [0.15, 0.2) is 0 Å². The number of aliphatic carboxylic acids is 1. The van der Waals surface area contributed by atoms with Crippen molar-refractivity contribution in [2.45, 2.75) is 70.4 Å². The monoisotopic (exact) mass is 570 g/mol. The molecule has 3 aromatic rings. The van der Waals surface area contributed by atoms with Crippen molar-refractivity contribution < 1.29 is 23.8 Å². The normalized spacial score (nSPS) is 15.1. The Hall–Kier alpha value is -2.43. The molecule has 1 aliphatic rings. The second-order valence-electron chi connectivity index (χ2n) is 10.7. The Kier molecular flexibility index (Phi) is 13.6. The molecule has 2 aromatic carbocycles. The SMILES string of the molecule is CSCC[C@H](NC(=O)c1ccc(C(OCCCC2CCCCC2)c2ccco2)cc1-c1ccccc1C)C(=O)O.[Li]. The molecule has 0 saturated heterocycles. The fourth-order valence-electron chi connectivity index (χ4n) is 5.58. The smallest absolute Gasteiger partial charge is 0.326 e. The van der Waals surface area contributed by atoms with Crippen molar-refractivity contribution in [2.24, 2.45) is 5.92 Å². The minimum Gasteiger partial charge on any atom is -0.480 e. The van der Waals surface area contributed by atoms with Crippen LogP contribution in [-0.2, 0) is 9.53 Å². The third kappa shape index (κ3) is 9.28. The van der Waals surface area contributed by atoms with Crippen LogP contribution in [0.3, 0.4) is 0 Å². The van der Waals surface area contributed by atoms with Crippen LogP contribution in [0.4, 0.5) is 0 Å². The molecular weight excluding hydrogens is 529 g/mol. The second kappa shape index (κ2) is 16.9. The molecule has 1 aliphatic carbocycles. The summed E-state index contributed by atoms with van der Waals surface area (Å²) in [7, 11) is 0. The first-order valence-electron chi connectivity index (χ1n) is 14.4. The van der Waals surface area contributed by atoms with E-state index in [0.29, 0.717) is 30.1 Å². The standard InChI is InChI=1S/C33H41NO5S.Li/c1-23-10-6-7-14-26(23)28-22-25(16-17-27(28)32(35)34-29(33(36)37)18-21-40-2)31(30-15-9-19-38-30)39-20-8-13-24-11-4-3-5-12-24;/h6-7,9-10,14-17,19,22,24,29,31H,3-5,8,11-13,18,20-21H2,1-2H3,(H,34,35)(H,36,37);/t29-,31?;/m0./s1. The van der Waals surface area contributed by atoms with Crippen LogP contribution in [0.2, 0.25) is 0 Å². The summed E-state index contributed by atoms with van der Waals surface area (Å²) in [5.41, 5.74) is 4.00. The maximum Gasteiger partial charge on any atom is 0.326 e. The molecule has 1 saturated carbocycles. The molecule has 0 spiro atoms. The van der Waals surface area contributed by atoms with Gasteiger partial charge in [-0.2, -0.15) is 11.8 Å². The van der Waals surface area contributed by atoms with E-state index in [4.69, 9.17) is 9.15 Å². The Morgan fingerprint density at radius 1 is 1.07 bits per heavy atom. The van der Waals surface area contributed by atoms with Crippen molar-refractivity contribution in [1.82, 2.24) is 5.32 Å². The van der Waals surface area contributed by atoms with Crippen LogP contribution < -0.4 is 5.32 Å². The zero-order valence-corrected chi connectivity index (χ0v) is 25.4. The predicted molar refractivity (Wildman–Crippen MR) is 167 cm³/mol. The molecule has 2 atom stereocenters. The molecule has 1 amide bonds. The first-order chi connectivity index (χ1) is 19.5. The van der Waals surface area contributed by atoms with E-state index in [1.807, 2.05) is 61.7 Å². The summed E-state index contributed by atoms with van der Waals surface area (Å²) in [6.45, 7) is 2.63. The molecule has 1 aromatic heterocycles. The molecule has 2 N–H and O–H groups in total. The van der Waals surface area contributed by atoms with Gasteiger partial charge in [-0.15, -0.1) is 0 Å². The van der Waals surface area contributed by atoms with E-state index in [-0.39, 0.29) is 18.9 Å². The van der Waals surface area contributed by atoms with Crippen molar-refractivity contribution in [1.29, 1.82) is 0 Å². The third-order valence-corrected chi connectivity index (χ3v) is 8.45. The maximum absolute atomic E-state index is 13.5. The molecule has 41 heavy (non-hydrogen) atoms. The minimum atomic E-state index is -1.03. The number of nitrogens with one attached hydrogen (secondary N) is 1. The van der Waals surface area contributed by atoms with Crippen LogP contribution in [0.15, 0.2) is 65.3 Å². The first-order valence-corrected chi connectivity index (χ1v) is 15.7. The number of furan rings is 1. The van der Waals surface area contributed by atoms with E-state index in [2.05, 4.69) is 5.32 Å². The summed E-state index contributed by atoms with van der Waals surface area (Å²) in [5.74, 6) is 0.727. The molecular formula is C33H41LiNO5S. The number of aryl methyl sites for hydroxylation is 1. The van der Waals surface area contributed by atoms with Gasteiger partial charge in [-0.3, -0.25) is 4.79 Å². The van der Waals surface area contributed by atoms with Crippen LogP contribution in [0, 0.1) is 12.8 Å². The summed E-state index contributed by atoms with van der Waals surface area (Å²) in [5, 5.41) is 12.4. The predicted octanol–water partition coefficient (Wildman–Crippen LogP) is 7.28. The number of amides is 1. The van der Waals surface area contributed by atoms with E-state index in [0.717, 1.165) is 34.6 Å². The van der Waals surface area contributed by atoms with Gasteiger partial charge in [-0.25, -0.2) is 4.79 Å². The molecule has 0 aliphatic heterocycles. The topological polar surface area (TPSA) is 88.8 Å². The largest absolute Gasteiger partial charge is 0.480 e. The number of hydrogen-bond donors (Lipinski definition) is 2. The zero-order chi connectivity index (χ0) is 28.3. The van der Waals surface area contributed by atoms with Gasteiger partial charge in [0.05, 0.1) is 6.26 Å². The van der Waals surface area contributed by atoms with Crippen LogP contribution in [0.5, 0.6) is 0 Å². The third-order valence-electron chi connectivity index (χ3n) is 7.81. The Morgan fingerprint density at radius 2 is 1.85 bits per heavy atom. The number of benzene rings is 2. The summed E-state index contributed by atoms with van der Waals surface area (Å²) in [6.07, 6.45) is 12.4. The summed E-state index contributed by atoms with van der Waals surface area (Å²) >= 11 is 1.55. The summed E-state index contributed by atoms with van der Waals surface area (Å²) in [6, 6.07) is 16.4. The summed E-state index contributed by atoms with van der Waals surface area (Å²) < 4.78 is 12.2. The van der Waals surface area contributed by atoms with Crippen molar-refractivity contribution in [3.63, 3.8) is 0 Å². The number of hydrogen-bond acceptors (Lipinski definition) is 5. The molecule has 1 heterocycles. The molecule has 215 valence electrons. The van der Waals surface area contributed by atoms with Gasteiger partial charge in [0.25, 0.3) is 5.91 Å². The second-order valence-corrected chi connectivity index (χ2v) is 11.7. The molecule has 6 nitrogen and oxygen atoms in total. The van der Waals surface area contributed by atoms with Crippen LogP contribution >= 0.6 is 11.8 Å². The molecule has 1 radical (unpaired) electrons. The van der Waals surface area contributed by atoms with E-state index < -0.39 is 24.0 Å². The molecule has 4 rings (SSSR count). The fourth-order valence-corrected chi connectivity index (χ4v) is 6.05. The first kappa shape index (κ1) is 33.1. The van der Waals surface area contributed by atoms with Crippen LogP contribution in [-0.4, -0.2) is 60.5 Å². The number of carbonyl (C=O) groups is 2. The summed E-state index contributed by atoms with van der Waals surface area (Å²) in [4.78, 5) is 25.3. The van der Waals surface area contributed by atoms with Gasteiger partial charge >= 0.3 is 5.97 Å².